The maximum absolute atomic E-state index is 13.2. The predicted octanol–water partition coefficient (Wildman–Crippen LogP) is 1.55. The minimum absolute atomic E-state index is 0.124. The second-order valence-corrected chi connectivity index (χ2v) is 11.9. The zero-order chi connectivity index (χ0) is 25.2. The Labute approximate surface area is 206 Å². The van der Waals surface area contributed by atoms with Crippen LogP contribution < -0.4 is 20.3 Å². The van der Waals surface area contributed by atoms with Crippen molar-refractivity contribution in [2.24, 2.45) is 4.99 Å². The fraction of sp³-hybridized carbons (Fsp3) is 0.458. The summed E-state index contributed by atoms with van der Waals surface area (Å²) in [7, 11) is -3.01. The molecule has 1 amide bonds. The van der Waals surface area contributed by atoms with Gasteiger partial charge in [0.2, 0.25) is 0 Å². The van der Waals surface area contributed by atoms with E-state index in [0.717, 1.165) is 29.6 Å². The summed E-state index contributed by atoms with van der Waals surface area (Å²) in [6.07, 6.45) is 7.90. The molecule has 3 N–H and O–H groups in total. The number of amides is 1. The van der Waals surface area contributed by atoms with Gasteiger partial charge in [-0.2, -0.15) is 0 Å². The van der Waals surface area contributed by atoms with Crippen LogP contribution in [0.5, 0.6) is 5.75 Å². The minimum atomic E-state index is -3.01. The van der Waals surface area contributed by atoms with E-state index < -0.39 is 15.7 Å². The summed E-state index contributed by atoms with van der Waals surface area (Å²) < 4.78 is 29.2. The third-order valence-corrected chi connectivity index (χ3v) is 7.09. The number of fused-ring (bicyclic) bond motifs is 1. The van der Waals surface area contributed by atoms with Crippen LogP contribution in [0.3, 0.4) is 0 Å². The SMILES string of the molecule is CC1(C)Cc2cc(NC(=O)/C(C=N)=C3\N=CC=CN3)c(N3CCN(CCS(C)(=O)=O)CC3)cc2O1. The second kappa shape index (κ2) is 9.82. The molecule has 35 heavy (non-hydrogen) atoms. The molecule has 0 bridgehead atoms. The van der Waals surface area contributed by atoms with Crippen LogP contribution in [0.15, 0.2) is 40.8 Å². The van der Waals surface area contributed by atoms with Crippen molar-refractivity contribution in [3.05, 3.63) is 41.4 Å². The number of hydrogen-bond acceptors (Lipinski definition) is 9. The normalized spacial score (nSPS) is 20.6. The van der Waals surface area contributed by atoms with Crippen molar-refractivity contribution in [1.82, 2.24) is 10.2 Å². The number of allylic oxidation sites excluding steroid dienone is 1. The Bertz CT molecular complexity index is 1210. The summed E-state index contributed by atoms with van der Waals surface area (Å²) >= 11 is 0. The van der Waals surface area contributed by atoms with Gasteiger partial charge >= 0.3 is 0 Å². The lowest BCUT2D eigenvalue weighted by atomic mass is 10.0. The first-order valence-corrected chi connectivity index (χ1v) is 13.6. The molecule has 1 aromatic rings. The van der Waals surface area contributed by atoms with Gasteiger partial charge in [-0.25, -0.2) is 13.4 Å². The van der Waals surface area contributed by atoms with Gasteiger partial charge in [-0.05, 0) is 26.0 Å². The third kappa shape index (κ3) is 6.09. The van der Waals surface area contributed by atoms with Gasteiger partial charge in [0.1, 0.15) is 27.0 Å². The van der Waals surface area contributed by atoms with Crippen molar-refractivity contribution in [3.63, 3.8) is 0 Å². The van der Waals surface area contributed by atoms with E-state index >= 15 is 0 Å². The van der Waals surface area contributed by atoms with E-state index in [1.807, 2.05) is 26.0 Å². The molecular formula is C24H32N6O4S. The molecule has 10 nitrogen and oxygen atoms in total. The molecule has 0 spiro atoms. The number of sulfone groups is 1. The van der Waals surface area contributed by atoms with Crippen LogP contribution >= 0.6 is 0 Å². The summed E-state index contributed by atoms with van der Waals surface area (Å²) in [4.78, 5) is 21.6. The number of nitrogens with zero attached hydrogens (tertiary/aromatic N) is 3. The number of nitrogens with one attached hydrogen (secondary N) is 3. The van der Waals surface area contributed by atoms with Gasteiger partial charge < -0.3 is 25.7 Å². The molecule has 11 heteroatoms. The summed E-state index contributed by atoms with van der Waals surface area (Å²) in [5, 5.41) is 13.7. The minimum Gasteiger partial charge on any atom is -0.487 e. The van der Waals surface area contributed by atoms with Gasteiger partial charge in [0.15, 0.2) is 0 Å². The van der Waals surface area contributed by atoms with Crippen molar-refractivity contribution in [3.8, 4) is 5.75 Å². The maximum atomic E-state index is 13.2. The standard InChI is InChI=1S/C24H32N6O4S/c1-24(2)15-17-13-19(28-23(31)18(16-25)22-26-5-4-6-27-22)20(14-21(17)34-24)30-9-7-29(8-10-30)11-12-35(3,32)33/h4-6,13-14,16,25-26H,7-12,15H2,1-3H3,(H,28,31)/b22-18-,25-16?. The zero-order valence-electron chi connectivity index (χ0n) is 20.3. The molecular weight excluding hydrogens is 468 g/mol. The highest BCUT2D eigenvalue weighted by Crippen LogP contribution is 2.42. The van der Waals surface area contributed by atoms with Crippen LogP contribution in [0, 0.1) is 5.41 Å². The molecule has 0 radical (unpaired) electrons. The van der Waals surface area contributed by atoms with Crippen LogP contribution in [0.2, 0.25) is 0 Å². The van der Waals surface area contributed by atoms with Crippen LogP contribution in [-0.2, 0) is 21.1 Å². The van der Waals surface area contributed by atoms with Gasteiger partial charge in [0, 0.05) is 75.7 Å². The Morgan fingerprint density at radius 1 is 1.29 bits per heavy atom. The van der Waals surface area contributed by atoms with E-state index in [9.17, 15) is 13.2 Å². The van der Waals surface area contributed by atoms with Crippen molar-refractivity contribution in [1.29, 1.82) is 5.41 Å². The Morgan fingerprint density at radius 3 is 2.66 bits per heavy atom. The van der Waals surface area contributed by atoms with Crippen molar-refractivity contribution in [2.75, 3.05) is 54.9 Å². The van der Waals surface area contributed by atoms with E-state index in [0.29, 0.717) is 44.2 Å². The van der Waals surface area contributed by atoms with Crippen molar-refractivity contribution >= 4 is 39.5 Å². The van der Waals surface area contributed by atoms with E-state index in [1.165, 1.54) is 6.26 Å². The molecule has 0 aromatic heterocycles. The summed E-state index contributed by atoms with van der Waals surface area (Å²) in [5.41, 5.74) is 2.30. The smallest absolute Gasteiger partial charge is 0.261 e. The van der Waals surface area contributed by atoms with E-state index in [4.69, 9.17) is 10.1 Å². The fourth-order valence-electron chi connectivity index (χ4n) is 4.41. The van der Waals surface area contributed by atoms with Gasteiger partial charge in [-0.1, -0.05) is 0 Å². The quantitative estimate of drug-likeness (QED) is 0.383. The molecule has 0 atom stereocenters. The monoisotopic (exact) mass is 500 g/mol. The van der Waals surface area contributed by atoms with Crippen LogP contribution in [0.4, 0.5) is 11.4 Å². The summed E-state index contributed by atoms with van der Waals surface area (Å²) in [6, 6.07) is 3.93. The predicted molar refractivity (Wildman–Crippen MR) is 138 cm³/mol. The molecule has 0 saturated carbocycles. The number of carbonyl (C=O) groups is 1. The number of benzene rings is 1. The van der Waals surface area contributed by atoms with Gasteiger partial charge in [-0.15, -0.1) is 0 Å². The molecule has 1 fully saturated rings. The van der Waals surface area contributed by atoms with E-state index in [2.05, 4.69) is 25.4 Å². The molecule has 3 heterocycles. The highest BCUT2D eigenvalue weighted by Gasteiger charge is 2.32. The summed E-state index contributed by atoms with van der Waals surface area (Å²) in [6.45, 7) is 7.37. The molecule has 3 aliphatic rings. The Kier molecular flexibility index (Phi) is 7.00. The molecule has 1 aromatic carbocycles. The van der Waals surface area contributed by atoms with Gasteiger partial charge in [-0.3, -0.25) is 9.69 Å². The number of piperazine rings is 1. The average molecular weight is 501 g/mol. The van der Waals surface area contributed by atoms with Crippen LogP contribution in [-0.4, -0.2) is 82.0 Å². The van der Waals surface area contributed by atoms with Crippen LogP contribution in [0.1, 0.15) is 19.4 Å². The molecule has 4 rings (SSSR count). The van der Waals surface area contributed by atoms with Crippen molar-refractivity contribution < 1.29 is 17.9 Å². The number of carbonyl (C=O) groups excluding carboxylic acids is 1. The Hall–Kier alpha value is -3.18. The second-order valence-electron chi connectivity index (χ2n) is 9.62. The molecule has 0 aliphatic carbocycles. The molecule has 3 aliphatic heterocycles. The summed E-state index contributed by atoms with van der Waals surface area (Å²) in [5.74, 6) is 0.827. The zero-order valence-corrected chi connectivity index (χ0v) is 21.1. The van der Waals surface area contributed by atoms with E-state index in [-0.39, 0.29) is 16.9 Å². The molecule has 0 unspecified atom stereocenters. The fourth-order valence-corrected chi connectivity index (χ4v) is 5.00. The third-order valence-electron chi connectivity index (χ3n) is 6.17. The first-order valence-electron chi connectivity index (χ1n) is 11.6. The largest absolute Gasteiger partial charge is 0.487 e. The number of rotatable bonds is 7. The van der Waals surface area contributed by atoms with E-state index in [1.54, 1.807) is 18.5 Å². The first-order chi connectivity index (χ1) is 16.5. The van der Waals surface area contributed by atoms with Gasteiger partial charge in [0.25, 0.3) is 5.91 Å². The lowest BCUT2D eigenvalue weighted by molar-refractivity contribution is -0.112. The topological polar surface area (TPSA) is 127 Å². The number of hydrogen-bond donors (Lipinski definition) is 3. The molecule has 1 saturated heterocycles. The number of anilines is 2. The number of aliphatic imine (C=N–C) groups is 1. The maximum Gasteiger partial charge on any atom is 0.261 e. The highest BCUT2D eigenvalue weighted by molar-refractivity contribution is 7.90. The van der Waals surface area contributed by atoms with Gasteiger partial charge in [0.05, 0.1) is 22.7 Å². The Balaban J connectivity index is 1.58. The van der Waals surface area contributed by atoms with Crippen LogP contribution in [0.25, 0.3) is 0 Å². The average Bonchev–Trinajstić information content (AvgIpc) is 3.11. The highest BCUT2D eigenvalue weighted by atomic mass is 32.2. The lowest BCUT2D eigenvalue weighted by Crippen LogP contribution is -2.47. The number of ether oxygens (including phenoxy) is 1. The van der Waals surface area contributed by atoms with Crippen molar-refractivity contribution in [2.45, 2.75) is 25.9 Å². The first kappa shape index (κ1) is 24.9. The Morgan fingerprint density at radius 2 is 2.03 bits per heavy atom. The lowest BCUT2D eigenvalue weighted by Gasteiger charge is -2.37. The molecule has 188 valence electrons.